The first kappa shape index (κ1) is 12.3. The molecule has 2 fully saturated rings. The Morgan fingerprint density at radius 3 is 2.69 bits per heavy atom. The number of aliphatic hydroxyl groups excluding tert-OH is 2. The molecule has 2 aliphatic carbocycles. The normalized spacial score (nSPS) is 24.4. The van der Waals surface area contributed by atoms with Crippen LogP contribution in [0.15, 0.2) is 0 Å². The minimum atomic E-state index is -0.423. The second-order valence-corrected chi connectivity index (χ2v) is 5.42. The van der Waals surface area contributed by atoms with Crippen LogP contribution in [0, 0.1) is 11.3 Å². The van der Waals surface area contributed by atoms with Crippen molar-refractivity contribution in [2.24, 2.45) is 11.3 Å². The molecule has 0 spiro atoms. The van der Waals surface area contributed by atoms with Gasteiger partial charge in [0.1, 0.15) is 0 Å². The van der Waals surface area contributed by atoms with Crippen LogP contribution in [0.2, 0.25) is 0 Å². The quantitative estimate of drug-likeness (QED) is 0.526. The monoisotopic (exact) mass is 229 g/mol. The Kier molecular flexibility index (Phi) is 4.19. The molecule has 0 aliphatic heterocycles. The van der Waals surface area contributed by atoms with Gasteiger partial charge in [0.15, 0.2) is 0 Å². The fourth-order valence-electron chi connectivity index (χ4n) is 1.79. The van der Waals surface area contributed by atoms with Gasteiger partial charge in [-0.15, -0.1) is 0 Å². The van der Waals surface area contributed by atoms with Gasteiger partial charge in [-0.2, -0.15) is 0 Å². The zero-order valence-corrected chi connectivity index (χ0v) is 9.82. The van der Waals surface area contributed by atoms with Crippen molar-refractivity contribution < 1.29 is 14.9 Å². The summed E-state index contributed by atoms with van der Waals surface area (Å²) >= 11 is 0. The summed E-state index contributed by atoms with van der Waals surface area (Å²) in [5.41, 5.74) is 0.120. The third kappa shape index (κ3) is 4.01. The zero-order valence-electron chi connectivity index (χ0n) is 9.82. The van der Waals surface area contributed by atoms with Crippen LogP contribution in [0.25, 0.3) is 0 Å². The van der Waals surface area contributed by atoms with E-state index in [4.69, 9.17) is 9.84 Å². The van der Waals surface area contributed by atoms with Crippen molar-refractivity contribution in [3.8, 4) is 0 Å². The lowest BCUT2D eigenvalue weighted by Gasteiger charge is -2.16. The van der Waals surface area contributed by atoms with Crippen molar-refractivity contribution in [2.45, 2.75) is 31.8 Å². The number of hydrogen-bond acceptors (Lipinski definition) is 4. The van der Waals surface area contributed by atoms with E-state index in [1.54, 1.807) is 0 Å². The summed E-state index contributed by atoms with van der Waals surface area (Å²) in [5.74, 6) is 0.754. The van der Waals surface area contributed by atoms with Crippen molar-refractivity contribution in [3.63, 3.8) is 0 Å². The van der Waals surface area contributed by atoms with Crippen molar-refractivity contribution in [1.29, 1.82) is 0 Å². The molecule has 0 radical (unpaired) electrons. The highest BCUT2D eigenvalue weighted by Crippen LogP contribution is 2.44. The molecule has 0 amide bonds. The van der Waals surface area contributed by atoms with Gasteiger partial charge in [-0.25, -0.2) is 0 Å². The highest BCUT2D eigenvalue weighted by Gasteiger charge is 2.41. The van der Waals surface area contributed by atoms with Crippen LogP contribution >= 0.6 is 0 Å². The molecule has 0 saturated heterocycles. The maximum absolute atomic E-state index is 9.62. The summed E-state index contributed by atoms with van der Waals surface area (Å²) in [6.07, 6.45) is 4.35. The lowest BCUT2D eigenvalue weighted by molar-refractivity contribution is 0.0316. The summed E-state index contributed by atoms with van der Waals surface area (Å²) in [7, 11) is 0. The lowest BCUT2D eigenvalue weighted by atomic mass is 10.1. The largest absolute Gasteiger partial charge is 0.396 e. The SMILES string of the molecule is OCC1(CNCC(O)COCC2CC2)CC1. The predicted molar refractivity (Wildman–Crippen MR) is 61.2 cm³/mol. The Bertz CT molecular complexity index is 214. The first-order valence-electron chi connectivity index (χ1n) is 6.31. The van der Waals surface area contributed by atoms with Crippen LogP contribution < -0.4 is 5.32 Å². The third-order valence-corrected chi connectivity index (χ3v) is 3.53. The summed E-state index contributed by atoms with van der Waals surface area (Å²) in [6.45, 7) is 2.86. The maximum Gasteiger partial charge on any atom is 0.0897 e. The predicted octanol–water partition coefficient (Wildman–Crippen LogP) is 0.136. The lowest BCUT2D eigenvalue weighted by Crippen LogP contribution is -2.35. The Morgan fingerprint density at radius 2 is 2.12 bits per heavy atom. The van der Waals surface area contributed by atoms with E-state index in [0.29, 0.717) is 13.2 Å². The van der Waals surface area contributed by atoms with Crippen molar-refractivity contribution in [1.82, 2.24) is 5.32 Å². The highest BCUT2D eigenvalue weighted by atomic mass is 16.5. The molecule has 94 valence electrons. The third-order valence-electron chi connectivity index (χ3n) is 3.53. The van der Waals surface area contributed by atoms with Gasteiger partial charge in [0.2, 0.25) is 0 Å². The van der Waals surface area contributed by atoms with Crippen LogP contribution in [0.5, 0.6) is 0 Å². The molecule has 4 heteroatoms. The van der Waals surface area contributed by atoms with E-state index in [1.165, 1.54) is 12.8 Å². The van der Waals surface area contributed by atoms with Crippen LogP contribution in [0.3, 0.4) is 0 Å². The molecule has 1 unspecified atom stereocenters. The Labute approximate surface area is 97.0 Å². The van der Waals surface area contributed by atoms with Gasteiger partial charge in [-0.05, 0) is 31.6 Å². The molecule has 2 aliphatic rings. The molecule has 1 atom stereocenters. The number of nitrogens with one attached hydrogen (secondary N) is 1. The second-order valence-electron chi connectivity index (χ2n) is 5.42. The molecule has 0 aromatic heterocycles. The molecule has 0 heterocycles. The Morgan fingerprint density at radius 1 is 1.38 bits per heavy atom. The number of rotatable bonds is 9. The van der Waals surface area contributed by atoms with Crippen LogP contribution in [-0.4, -0.2) is 49.2 Å². The van der Waals surface area contributed by atoms with Gasteiger partial charge in [0.25, 0.3) is 0 Å². The van der Waals surface area contributed by atoms with Gasteiger partial charge >= 0.3 is 0 Å². The Balaban J connectivity index is 1.45. The van der Waals surface area contributed by atoms with Gasteiger partial charge < -0.3 is 20.3 Å². The van der Waals surface area contributed by atoms with E-state index in [1.807, 2.05) is 0 Å². The molecular formula is C12H23NO3. The van der Waals surface area contributed by atoms with Crippen LogP contribution in [0.1, 0.15) is 25.7 Å². The Hall–Kier alpha value is -0.160. The fraction of sp³-hybridized carbons (Fsp3) is 1.00. The standard InChI is InChI=1S/C12H23NO3/c14-9-12(3-4-12)8-13-5-11(15)7-16-6-10-1-2-10/h10-11,13-15H,1-9H2. The second kappa shape index (κ2) is 5.45. The highest BCUT2D eigenvalue weighted by molar-refractivity contribution is 4.94. The number of hydrogen-bond donors (Lipinski definition) is 3. The van der Waals surface area contributed by atoms with Crippen LogP contribution in [-0.2, 0) is 4.74 Å². The topological polar surface area (TPSA) is 61.7 Å². The average molecular weight is 229 g/mol. The fourth-order valence-corrected chi connectivity index (χ4v) is 1.79. The van der Waals surface area contributed by atoms with E-state index in [9.17, 15) is 5.11 Å². The van der Waals surface area contributed by atoms with E-state index in [-0.39, 0.29) is 12.0 Å². The van der Waals surface area contributed by atoms with E-state index in [2.05, 4.69) is 5.32 Å². The summed E-state index contributed by atoms with van der Waals surface area (Å²) in [6, 6.07) is 0. The summed E-state index contributed by atoms with van der Waals surface area (Å²) < 4.78 is 5.40. The zero-order chi connectivity index (χ0) is 11.4. The van der Waals surface area contributed by atoms with Crippen molar-refractivity contribution in [2.75, 3.05) is 32.9 Å². The van der Waals surface area contributed by atoms with Gasteiger partial charge in [-0.3, -0.25) is 0 Å². The average Bonchev–Trinajstić information content (AvgIpc) is 3.13. The van der Waals surface area contributed by atoms with Crippen molar-refractivity contribution >= 4 is 0 Å². The summed E-state index contributed by atoms with van der Waals surface area (Å²) in [4.78, 5) is 0. The van der Waals surface area contributed by atoms with E-state index < -0.39 is 6.10 Å². The first-order valence-corrected chi connectivity index (χ1v) is 6.31. The van der Waals surface area contributed by atoms with Gasteiger partial charge in [0, 0.05) is 31.7 Å². The molecule has 2 rings (SSSR count). The molecule has 0 aromatic rings. The van der Waals surface area contributed by atoms with Crippen LogP contribution in [0.4, 0.5) is 0 Å². The first-order chi connectivity index (χ1) is 7.74. The maximum atomic E-state index is 9.62. The molecule has 0 bridgehead atoms. The minimum absolute atomic E-state index is 0.120. The molecule has 0 aromatic carbocycles. The number of ether oxygens (including phenoxy) is 1. The van der Waals surface area contributed by atoms with Crippen molar-refractivity contribution in [3.05, 3.63) is 0 Å². The minimum Gasteiger partial charge on any atom is -0.396 e. The number of aliphatic hydroxyl groups is 2. The van der Waals surface area contributed by atoms with Gasteiger partial charge in [0.05, 0.1) is 12.7 Å². The molecule has 4 nitrogen and oxygen atoms in total. The van der Waals surface area contributed by atoms with E-state index in [0.717, 1.165) is 31.9 Å². The summed E-state index contributed by atoms with van der Waals surface area (Å²) in [5, 5.41) is 21.9. The molecule has 16 heavy (non-hydrogen) atoms. The molecule has 3 N–H and O–H groups in total. The van der Waals surface area contributed by atoms with Gasteiger partial charge in [-0.1, -0.05) is 0 Å². The molecule has 2 saturated carbocycles. The smallest absolute Gasteiger partial charge is 0.0897 e. The van der Waals surface area contributed by atoms with E-state index >= 15 is 0 Å². The molecular weight excluding hydrogens is 206 g/mol.